The molecule has 0 spiro atoms. The number of methoxy groups -OCH3 is 1. The maximum absolute atomic E-state index is 11.7. The summed E-state index contributed by atoms with van der Waals surface area (Å²) in [6.07, 6.45) is 0. The first-order valence-corrected chi connectivity index (χ1v) is 7.51. The lowest BCUT2D eigenvalue weighted by Gasteiger charge is -2.10. The molecule has 1 heterocycles. The van der Waals surface area contributed by atoms with Gasteiger partial charge in [-0.05, 0) is 24.3 Å². The van der Waals surface area contributed by atoms with Crippen molar-refractivity contribution in [2.75, 3.05) is 7.11 Å². The Labute approximate surface area is 142 Å². The molecule has 0 atom stereocenters. The molecule has 0 saturated carbocycles. The fraction of sp³-hybridized carbons (Fsp3) is 0.118. The zero-order valence-electron chi connectivity index (χ0n) is 12.1. The molecule has 0 bridgehead atoms. The van der Waals surface area contributed by atoms with Gasteiger partial charge in [0.2, 0.25) is 0 Å². The first-order valence-electron chi connectivity index (χ1n) is 6.76. The van der Waals surface area contributed by atoms with Gasteiger partial charge in [-0.1, -0.05) is 29.3 Å². The standard InChI is InChI=1S/C17H12Cl2O4/c1-21-11-5-6-12-10(7-16(20)23-15(12)8-11)9-22-14-4-2-3-13(18)17(14)19/h2-8H,9H2,1H3. The minimum Gasteiger partial charge on any atom is -0.497 e. The van der Waals surface area contributed by atoms with Crippen LogP contribution in [0.1, 0.15) is 5.56 Å². The Kier molecular flexibility index (Phi) is 4.46. The van der Waals surface area contributed by atoms with E-state index in [1.807, 2.05) is 6.07 Å². The fourth-order valence-electron chi connectivity index (χ4n) is 2.21. The first-order chi connectivity index (χ1) is 11.1. The highest BCUT2D eigenvalue weighted by molar-refractivity contribution is 6.42. The molecule has 0 amide bonds. The summed E-state index contributed by atoms with van der Waals surface area (Å²) in [7, 11) is 1.55. The summed E-state index contributed by atoms with van der Waals surface area (Å²) < 4.78 is 16.0. The maximum Gasteiger partial charge on any atom is 0.336 e. The van der Waals surface area contributed by atoms with Gasteiger partial charge in [-0.25, -0.2) is 4.79 Å². The highest BCUT2D eigenvalue weighted by Crippen LogP contribution is 2.32. The van der Waals surface area contributed by atoms with Crippen LogP contribution in [0.4, 0.5) is 0 Å². The highest BCUT2D eigenvalue weighted by atomic mass is 35.5. The molecule has 6 heteroatoms. The minimum atomic E-state index is -0.457. The molecule has 0 aliphatic heterocycles. The lowest BCUT2D eigenvalue weighted by Crippen LogP contribution is -2.04. The molecule has 3 rings (SSSR count). The molecule has 118 valence electrons. The van der Waals surface area contributed by atoms with Crippen molar-refractivity contribution >= 4 is 34.2 Å². The molecule has 0 radical (unpaired) electrons. The van der Waals surface area contributed by atoms with Crippen LogP contribution in [-0.2, 0) is 6.61 Å². The van der Waals surface area contributed by atoms with Gasteiger partial charge in [0, 0.05) is 23.1 Å². The third-order valence-electron chi connectivity index (χ3n) is 3.34. The molecule has 0 saturated heterocycles. The van der Waals surface area contributed by atoms with Gasteiger partial charge >= 0.3 is 5.63 Å². The van der Waals surface area contributed by atoms with Crippen LogP contribution in [0.15, 0.2) is 51.7 Å². The van der Waals surface area contributed by atoms with E-state index < -0.39 is 5.63 Å². The average Bonchev–Trinajstić information content (AvgIpc) is 2.55. The highest BCUT2D eigenvalue weighted by Gasteiger charge is 2.10. The molecule has 0 aliphatic carbocycles. The van der Waals surface area contributed by atoms with E-state index in [0.29, 0.717) is 32.7 Å². The van der Waals surface area contributed by atoms with Gasteiger partial charge in [-0.2, -0.15) is 0 Å². The Morgan fingerprint density at radius 3 is 2.74 bits per heavy atom. The van der Waals surface area contributed by atoms with E-state index in [0.717, 1.165) is 5.39 Å². The normalized spacial score (nSPS) is 10.7. The predicted molar refractivity (Wildman–Crippen MR) is 89.8 cm³/mol. The molecule has 2 aromatic carbocycles. The third-order valence-corrected chi connectivity index (χ3v) is 4.14. The Morgan fingerprint density at radius 1 is 1.13 bits per heavy atom. The van der Waals surface area contributed by atoms with Crippen LogP contribution < -0.4 is 15.1 Å². The van der Waals surface area contributed by atoms with Gasteiger partial charge in [0.05, 0.1) is 12.1 Å². The van der Waals surface area contributed by atoms with Gasteiger partial charge < -0.3 is 13.9 Å². The molecule has 0 aliphatic rings. The van der Waals surface area contributed by atoms with Crippen molar-refractivity contribution in [2.45, 2.75) is 6.61 Å². The van der Waals surface area contributed by atoms with Crippen molar-refractivity contribution in [1.29, 1.82) is 0 Å². The van der Waals surface area contributed by atoms with Crippen LogP contribution in [-0.4, -0.2) is 7.11 Å². The Bertz CT molecular complexity index is 918. The van der Waals surface area contributed by atoms with Crippen LogP contribution in [0.25, 0.3) is 11.0 Å². The quantitative estimate of drug-likeness (QED) is 0.640. The summed E-state index contributed by atoms with van der Waals surface area (Å²) in [6, 6.07) is 11.8. The zero-order chi connectivity index (χ0) is 16.4. The number of hydrogen-bond donors (Lipinski definition) is 0. The van der Waals surface area contributed by atoms with Crippen LogP contribution >= 0.6 is 23.2 Å². The Hall–Kier alpha value is -2.17. The largest absolute Gasteiger partial charge is 0.497 e. The Morgan fingerprint density at radius 2 is 1.96 bits per heavy atom. The van der Waals surface area contributed by atoms with Crippen LogP contribution in [0, 0.1) is 0 Å². The van der Waals surface area contributed by atoms with Crippen LogP contribution in [0.2, 0.25) is 10.0 Å². The molecule has 0 N–H and O–H groups in total. The van der Waals surface area contributed by atoms with E-state index in [1.165, 1.54) is 6.07 Å². The van der Waals surface area contributed by atoms with Crippen molar-refractivity contribution in [3.05, 3.63) is 68.5 Å². The summed E-state index contributed by atoms with van der Waals surface area (Å²) in [5.74, 6) is 1.06. The average molecular weight is 351 g/mol. The molecular weight excluding hydrogens is 339 g/mol. The number of ether oxygens (including phenoxy) is 2. The van der Waals surface area contributed by atoms with Gasteiger partial charge in [0.15, 0.2) is 0 Å². The van der Waals surface area contributed by atoms with E-state index >= 15 is 0 Å². The number of hydrogen-bond acceptors (Lipinski definition) is 4. The van der Waals surface area contributed by atoms with E-state index in [4.69, 9.17) is 37.1 Å². The van der Waals surface area contributed by atoms with Gasteiger partial charge in [-0.3, -0.25) is 0 Å². The van der Waals surface area contributed by atoms with Gasteiger partial charge in [-0.15, -0.1) is 0 Å². The topological polar surface area (TPSA) is 48.7 Å². The molecule has 1 aromatic heterocycles. The maximum atomic E-state index is 11.7. The van der Waals surface area contributed by atoms with Crippen molar-refractivity contribution in [3.8, 4) is 11.5 Å². The van der Waals surface area contributed by atoms with E-state index in [1.54, 1.807) is 37.4 Å². The molecule has 0 fully saturated rings. The molecule has 4 nitrogen and oxygen atoms in total. The van der Waals surface area contributed by atoms with Crippen LogP contribution in [0.3, 0.4) is 0 Å². The Balaban J connectivity index is 1.96. The molecule has 3 aromatic rings. The predicted octanol–water partition coefficient (Wildman–Crippen LogP) is 4.69. The van der Waals surface area contributed by atoms with Gasteiger partial charge in [0.25, 0.3) is 0 Å². The fourth-order valence-corrected chi connectivity index (χ4v) is 2.55. The number of fused-ring (bicyclic) bond motifs is 1. The van der Waals surface area contributed by atoms with Crippen molar-refractivity contribution in [1.82, 2.24) is 0 Å². The molecule has 0 unspecified atom stereocenters. The molecular formula is C17H12Cl2O4. The number of benzene rings is 2. The van der Waals surface area contributed by atoms with Gasteiger partial charge in [0.1, 0.15) is 28.7 Å². The lowest BCUT2D eigenvalue weighted by molar-refractivity contribution is 0.307. The summed E-state index contributed by atoms with van der Waals surface area (Å²) in [6.45, 7) is 0.161. The van der Waals surface area contributed by atoms with Crippen molar-refractivity contribution < 1.29 is 13.9 Å². The SMILES string of the molecule is COc1ccc2c(COc3cccc(Cl)c3Cl)cc(=O)oc2c1. The first kappa shape index (κ1) is 15.7. The van der Waals surface area contributed by atoms with Crippen molar-refractivity contribution in [3.63, 3.8) is 0 Å². The second-order valence-corrected chi connectivity index (χ2v) is 5.58. The summed E-state index contributed by atoms with van der Waals surface area (Å²) in [5.41, 5.74) is 0.670. The second-order valence-electron chi connectivity index (χ2n) is 4.79. The van der Waals surface area contributed by atoms with Crippen molar-refractivity contribution in [2.24, 2.45) is 0 Å². The third kappa shape index (κ3) is 3.28. The number of halogens is 2. The van der Waals surface area contributed by atoms with E-state index in [9.17, 15) is 4.79 Å². The van der Waals surface area contributed by atoms with E-state index in [2.05, 4.69) is 0 Å². The zero-order valence-corrected chi connectivity index (χ0v) is 13.6. The summed E-state index contributed by atoms with van der Waals surface area (Å²) in [5, 5.41) is 1.51. The summed E-state index contributed by atoms with van der Waals surface area (Å²) in [4.78, 5) is 11.7. The summed E-state index contributed by atoms with van der Waals surface area (Å²) >= 11 is 12.1. The van der Waals surface area contributed by atoms with E-state index in [-0.39, 0.29) is 6.61 Å². The van der Waals surface area contributed by atoms with Crippen LogP contribution in [0.5, 0.6) is 11.5 Å². The minimum absolute atomic E-state index is 0.161. The monoisotopic (exact) mass is 350 g/mol. The lowest BCUT2D eigenvalue weighted by atomic mass is 10.1. The molecule has 23 heavy (non-hydrogen) atoms. The second kappa shape index (κ2) is 6.52. The number of rotatable bonds is 4. The smallest absolute Gasteiger partial charge is 0.336 e.